The van der Waals surface area contributed by atoms with Crippen LogP contribution in [0.2, 0.25) is 0 Å². The lowest BCUT2D eigenvalue weighted by atomic mass is 9.77. The zero-order valence-corrected chi connectivity index (χ0v) is 37.2. The van der Waals surface area contributed by atoms with Crippen LogP contribution in [-0.4, -0.2) is 13.2 Å². The molecule has 2 aliphatic rings. The van der Waals surface area contributed by atoms with Crippen molar-refractivity contribution in [3.05, 3.63) is 120 Å². The molecule has 0 saturated heterocycles. The van der Waals surface area contributed by atoms with E-state index in [1.807, 2.05) is 0 Å². The summed E-state index contributed by atoms with van der Waals surface area (Å²) < 4.78 is 12.8. The molecule has 0 aliphatic heterocycles. The minimum Gasteiger partial charge on any atom is -0.493 e. The molecule has 0 aromatic heterocycles. The van der Waals surface area contributed by atoms with E-state index >= 15 is 0 Å². The third kappa shape index (κ3) is 9.64. The van der Waals surface area contributed by atoms with E-state index in [1.54, 1.807) is 0 Å². The molecule has 6 aromatic carbocycles. The van der Waals surface area contributed by atoms with Gasteiger partial charge < -0.3 is 9.47 Å². The smallest absolute Gasteiger partial charge is 0.127 e. The molecule has 60 heavy (non-hydrogen) atoms. The average molecular weight is 799 g/mol. The molecule has 0 bridgehead atoms. The molecular formula is C58H70O2. The Balaban J connectivity index is 1.05. The van der Waals surface area contributed by atoms with Crippen LogP contribution in [0.1, 0.15) is 153 Å². The standard InChI is InChI=1S/C58H70O2/c1-5-9-11-13-41-15-19-43(20-16-41)45-23-27-47(28-24-45)49-31-35-53-51(39-49)33-37-55(59-7-3)57(53)58-54-36-32-50(40-52(54)34-38-56(58)60-8-4)48-29-25-46(26-30-48)44-21-17-42(18-22-44)14-12-10-6-2/h23-44H,5-22H2,1-4H3. The van der Waals surface area contributed by atoms with Crippen molar-refractivity contribution in [1.82, 2.24) is 0 Å². The number of fused-ring (bicyclic) bond motifs is 2. The van der Waals surface area contributed by atoms with Crippen LogP contribution in [0.5, 0.6) is 11.5 Å². The molecule has 0 radical (unpaired) electrons. The molecule has 2 saturated carbocycles. The molecule has 314 valence electrons. The van der Waals surface area contributed by atoms with E-state index in [9.17, 15) is 0 Å². The second kappa shape index (κ2) is 20.3. The maximum atomic E-state index is 6.42. The monoisotopic (exact) mass is 799 g/mol. The minimum atomic E-state index is 0.596. The first kappa shape index (κ1) is 42.1. The van der Waals surface area contributed by atoms with Crippen LogP contribution in [0.4, 0.5) is 0 Å². The molecule has 0 atom stereocenters. The number of benzene rings is 6. The summed E-state index contributed by atoms with van der Waals surface area (Å²) in [6, 6.07) is 41.7. The molecule has 0 N–H and O–H groups in total. The van der Waals surface area contributed by atoms with E-state index in [4.69, 9.17) is 9.47 Å². The van der Waals surface area contributed by atoms with Crippen molar-refractivity contribution in [2.75, 3.05) is 13.2 Å². The number of rotatable bonds is 17. The van der Waals surface area contributed by atoms with E-state index in [-0.39, 0.29) is 0 Å². The van der Waals surface area contributed by atoms with Gasteiger partial charge in [-0.3, -0.25) is 0 Å². The molecule has 0 heterocycles. The lowest BCUT2D eigenvalue weighted by Crippen LogP contribution is -2.13. The summed E-state index contributed by atoms with van der Waals surface area (Å²) in [6.45, 7) is 9.96. The summed E-state index contributed by atoms with van der Waals surface area (Å²) in [4.78, 5) is 0. The van der Waals surface area contributed by atoms with E-state index in [0.29, 0.717) is 25.0 Å². The molecular weight excluding hydrogens is 729 g/mol. The molecule has 2 heteroatoms. The SMILES string of the molecule is CCCCCC1CCC(c2ccc(-c3ccc4c(-c5c(OCC)ccc6cc(-c7ccc(C8CCC(CCCCC)CC8)cc7)ccc56)c(OCC)ccc4c3)cc2)CC1. The Hall–Kier alpha value is -4.56. The Morgan fingerprint density at radius 1 is 0.400 bits per heavy atom. The van der Waals surface area contributed by atoms with Gasteiger partial charge in [-0.1, -0.05) is 150 Å². The highest BCUT2D eigenvalue weighted by molar-refractivity contribution is 6.11. The van der Waals surface area contributed by atoms with Gasteiger partial charge in [-0.2, -0.15) is 0 Å². The fourth-order valence-electron chi connectivity index (χ4n) is 10.9. The molecule has 8 rings (SSSR count). The molecule has 2 fully saturated rings. The summed E-state index contributed by atoms with van der Waals surface area (Å²) in [5, 5.41) is 4.77. The minimum absolute atomic E-state index is 0.596. The Morgan fingerprint density at radius 3 is 1.15 bits per heavy atom. The number of hydrogen-bond donors (Lipinski definition) is 0. The summed E-state index contributed by atoms with van der Waals surface area (Å²) >= 11 is 0. The van der Waals surface area contributed by atoms with Crippen LogP contribution < -0.4 is 9.47 Å². The van der Waals surface area contributed by atoms with Crippen LogP contribution in [0.25, 0.3) is 54.9 Å². The second-order valence-corrected chi connectivity index (χ2v) is 18.3. The van der Waals surface area contributed by atoms with Gasteiger partial charge in [0.25, 0.3) is 0 Å². The van der Waals surface area contributed by atoms with Gasteiger partial charge in [-0.15, -0.1) is 0 Å². The van der Waals surface area contributed by atoms with E-state index in [1.165, 1.54) is 158 Å². The zero-order valence-electron chi connectivity index (χ0n) is 37.2. The van der Waals surface area contributed by atoms with Crippen LogP contribution in [0.3, 0.4) is 0 Å². The highest BCUT2D eigenvalue weighted by Gasteiger charge is 2.24. The molecule has 6 aromatic rings. The van der Waals surface area contributed by atoms with Gasteiger partial charge in [-0.25, -0.2) is 0 Å². The van der Waals surface area contributed by atoms with Crippen molar-refractivity contribution in [1.29, 1.82) is 0 Å². The third-order valence-corrected chi connectivity index (χ3v) is 14.4. The molecule has 0 amide bonds. The maximum absolute atomic E-state index is 6.42. The van der Waals surface area contributed by atoms with Crippen LogP contribution in [0, 0.1) is 11.8 Å². The summed E-state index contributed by atoms with van der Waals surface area (Å²) in [5.41, 5.74) is 10.3. The topological polar surface area (TPSA) is 18.5 Å². The first-order valence-electron chi connectivity index (χ1n) is 24.2. The lowest BCUT2D eigenvalue weighted by Gasteiger charge is -2.29. The van der Waals surface area contributed by atoms with Gasteiger partial charge in [0, 0.05) is 11.1 Å². The van der Waals surface area contributed by atoms with Gasteiger partial charge in [0.2, 0.25) is 0 Å². The Morgan fingerprint density at radius 2 is 0.783 bits per heavy atom. The van der Waals surface area contributed by atoms with Crippen molar-refractivity contribution in [3.8, 4) is 44.9 Å². The average Bonchev–Trinajstić information content (AvgIpc) is 3.30. The normalized spacial score (nSPS) is 19.5. The van der Waals surface area contributed by atoms with Crippen LogP contribution in [-0.2, 0) is 0 Å². The van der Waals surface area contributed by atoms with Crippen molar-refractivity contribution in [2.45, 2.75) is 142 Å². The first-order chi connectivity index (χ1) is 29.6. The van der Waals surface area contributed by atoms with Gasteiger partial charge in [0.05, 0.1) is 13.2 Å². The Bertz CT molecular complexity index is 2120. The Kier molecular flexibility index (Phi) is 14.3. The summed E-state index contributed by atoms with van der Waals surface area (Å²) in [5.74, 6) is 5.07. The molecule has 2 aliphatic carbocycles. The number of unbranched alkanes of at least 4 members (excludes halogenated alkanes) is 4. The van der Waals surface area contributed by atoms with Crippen molar-refractivity contribution in [3.63, 3.8) is 0 Å². The molecule has 0 unspecified atom stereocenters. The third-order valence-electron chi connectivity index (χ3n) is 14.4. The maximum Gasteiger partial charge on any atom is 0.127 e. The molecule has 2 nitrogen and oxygen atoms in total. The van der Waals surface area contributed by atoms with Crippen LogP contribution in [0.15, 0.2) is 109 Å². The Labute approximate surface area is 362 Å². The van der Waals surface area contributed by atoms with Crippen LogP contribution >= 0.6 is 0 Å². The summed E-state index contributed by atoms with van der Waals surface area (Å²) in [7, 11) is 0. The van der Waals surface area contributed by atoms with Gasteiger partial charge >= 0.3 is 0 Å². The predicted octanol–water partition coefficient (Wildman–Crippen LogP) is 17.5. The number of hydrogen-bond acceptors (Lipinski definition) is 2. The first-order valence-corrected chi connectivity index (χ1v) is 24.2. The quantitative estimate of drug-likeness (QED) is 0.0856. The zero-order chi connectivity index (χ0) is 41.3. The van der Waals surface area contributed by atoms with E-state index < -0.39 is 0 Å². The summed E-state index contributed by atoms with van der Waals surface area (Å²) in [6.07, 6.45) is 22.0. The van der Waals surface area contributed by atoms with Gasteiger partial charge in [-0.05, 0) is 168 Å². The second-order valence-electron chi connectivity index (χ2n) is 18.3. The van der Waals surface area contributed by atoms with Crippen molar-refractivity contribution in [2.24, 2.45) is 11.8 Å². The lowest BCUT2D eigenvalue weighted by molar-refractivity contribution is 0.303. The van der Waals surface area contributed by atoms with Crippen molar-refractivity contribution >= 4 is 21.5 Å². The highest BCUT2D eigenvalue weighted by Crippen LogP contribution is 2.47. The predicted molar refractivity (Wildman–Crippen MR) is 258 cm³/mol. The molecule has 0 spiro atoms. The van der Waals surface area contributed by atoms with Gasteiger partial charge in [0.15, 0.2) is 0 Å². The van der Waals surface area contributed by atoms with E-state index in [2.05, 4.69) is 137 Å². The van der Waals surface area contributed by atoms with Crippen molar-refractivity contribution < 1.29 is 9.47 Å². The fourth-order valence-corrected chi connectivity index (χ4v) is 10.9. The largest absolute Gasteiger partial charge is 0.493 e. The number of ether oxygens (including phenoxy) is 2. The van der Waals surface area contributed by atoms with Gasteiger partial charge in [0.1, 0.15) is 11.5 Å². The van der Waals surface area contributed by atoms with E-state index in [0.717, 1.165) is 34.5 Å². The fraction of sp³-hybridized carbons (Fsp3) is 0.448. The highest BCUT2D eigenvalue weighted by atomic mass is 16.5.